The van der Waals surface area contributed by atoms with E-state index in [-0.39, 0.29) is 22.4 Å². The number of benzene rings is 2. The van der Waals surface area contributed by atoms with E-state index < -0.39 is 27.6 Å². The van der Waals surface area contributed by atoms with Gasteiger partial charge in [-0.25, -0.2) is 21.5 Å². The number of hydrogen-bond donors (Lipinski definition) is 1. The first-order valence-corrected chi connectivity index (χ1v) is 9.25. The standard InChI is InChI=1S/C17H14F2N4O4S/c1-23(2)28(25,26)12-6-3-10(4-7-12)16-21-22-17(27-16)20-15(24)13-8-5-11(18)9-14(13)19/h3-9H,1-2H3,(H,20,22,24). The van der Waals surface area contributed by atoms with Crippen molar-refractivity contribution in [2.24, 2.45) is 0 Å². The van der Waals surface area contributed by atoms with Gasteiger partial charge in [0.15, 0.2) is 0 Å². The highest BCUT2D eigenvalue weighted by Gasteiger charge is 2.19. The summed E-state index contributed by atoms with van der Waals surface area (Å²) in [4.78, 5) is 12.1. The summed E-state index contributed by atoms with van der Waals surface area (Å²) in [5.41, 5.74) is 0.0260. The van der Waals surface area contributed by atoms with Crippen molar-refractivity contribution in [2.75, 3.05) is 19.4 Å². The summed E-state index contributed by atoms with van der Waals surface area (Å²) in [5, 5.41) is 9.60. The van der Waals surface area contributed by atoms with Gasteiger partial charge in [-0.2, -0.15) is 0 Å². The molecule has 0 atom stereocenters. The van der Waals surface area contributed by atoms with Gasteiger partial charge in [-0.3, -0.25) is 10.1 Å². The summed E-state index contributed by atoms with van der Waals surface area (Å²) < 4.78 is 57.1. The number of anilines is 1. The first-order valence-electron chi connectivity index (χ1n) is 7.81. The molecule has 0 unspecified atom stereocenters. The predicted octanol–water partition coefficient (Wildman–Crippen LogP) is 2.52. The quantitative estimate of drug-likeness (QED) is 0.696. The van der Waals surface area contributed by atoms with Crippen LogP contribution in [0, 0.1) is 11.6 Å². The second-order valence-corrected chi connectivity index (χ2v) is 7.95. The van der Waals surface area contributed by atoms with Crippen molar-refractivity contribution in [1.29, 1.82) is 0 Å². The van der Waals surface area contributed by atoms with E-state index in [1.165, 1.54) is 38.4 Å². The first-order chi connectivity index (χ1) is 13.2. The van der Waals surface area contributed by atoms with Crippen LogP contribution in [0.5, 0.6) is 0 Å². The van der Waals surface area contributed by atoms with Crippen molar-refractivity contribution >= 4 is 21.9 Å². The van der Waals surface area contributed by atoms with Crippen LogP contribution in [0.1, 0.15) is 10.4 Å². The Kier molecular flexibility index (Phi) is 5.21. The maximum absolute atomic E-state index is 13.6. The molecule has 0 fully saturated rings. The monoisotopic (exact) mass is 408 g/mol. The smallest absolute Gasteiger partial charge is 0.322 e. The van der Waals surface area contributed by atoms with Crippen LogP contribution in [0.25, 0.3) is 11.5 Å². The number of halogens is 2. The van der Waals surface area contributed by atoms with Crippen LogP contribution in [0.2, 0.25) is 0 Å². The van der Waals surface area contributed by atoms with Crippen molar-refractivity contribution < 1.29 is 26.4 Å². The van der Waals surface area contributed by atoms with E-state index in [1.54, 1.807) is 0 Å². The van der Waals surface area contributed by atoms with Crippen LogP contribution in [-0.4, -0.2) is 42.9 Å². The molecular weight excluding hydrogens is 394 g/mol. The number of amides is 1. The number of nitrogens with one attached hydrogen (secondary N) is 1. The molecule has 2 aromatic carbocycles. The third-order valence-electron chi connectivity index (χ3n) is 3.70. The lowest BCUT2D eigenvalue weighted by Crippen LogP contribution is -2.22. The van der Waals surface area contributed by atoms with Gasteiger partial charge in [0.2, 0.25) is 15.9 Å². The van der Waals surface area contributed by atoms with Crippen molar-refractivity contribution in [3.05, 3.63) is 59.7 Å². The summed E-state index contributed by atoms with van der Waals surface area (Å²) >= 11 is 0. The lowest BCUT2D eigenvalue weighted by molar-refractivity contribution is 0.102. The van der Waals surface area contributed by atoms with Crippen LogP contribution in [0.4, 0.5) is 14.8 Å². The minimum Gasteiger partial charge on any atom is -0.403 e. The largest absolute Gasteiger partial charge is 0.403 e. The molecule has 0 radical (unpaired) electrons. The van der Waals surface area contributed by atoms with E-state index >= 15 is 0 Å². The van der Waals surface area contributed by atoms with Gasteiger partial charge in [0.1, 0.15) is 11.6 Å². The lowest BCUT2D eigenvalue weighted by atomic mass is 10.2. The summed E-state index contributed by atoms with van der Waals surface area (Å²) in [7, 11) is -0.743. The van der Waals surface area contributed by atoms with E-state index in [4.69, 9.17) is 4.42 Å². The van der Waals surface area contributed by atoms with E-state index in [0.717, 1.165) is 16.4 Å². The Morgan fingerprint density at radius 2 is 1.75 bits per heavy atom. The zero-order valence-corrected chi connectivity index (χ0v) is 15.5. The lowest BCUT2D eigenvalue weighted by Gasteiger charge is -2.11. The Bertz CT molecular complexity index is 1130. The van der Waals surface area contributed by atoms with Gasteiger partial charge in [0.05, 0.1) is 10.5 Å². The van der Waals surface area contributed by atoms with Gasteiger partial charge in [-0.1, -0.05) is 5.10 Å². The molecule has 0 aliphatic rings. The molecule has 11 heteroatoms. The summed E-state index contributed by atoms with van der Waals surface area (Å²) in [6, 6.07) is 7.90. The molecule has 3 rings (SSSR count). The molecule has 0 aliphatic carbocycles. The normalized spacial score (nSPS) is 11.6. The summed E-state index contributed by atoms with van der Waals surface area (Å²) in [5.74, 6) is -2.72. The van der Waals surface area contributed by atoms with Crippen LogP contribution in [0.15, 0.2) is 51.8 Å². The fraction of sp³-hybridized carbons (Fsp3) is 0.118. The zero-order valence-electron chi connectivity index (χ0n) is 14.7. The van der Waals surface area contributed by atoms with Crippen LogP contribution in [0.3, 0.4) is 0 Å². The highest BCUT2D eigenvalue weighted by atomic mass is 32.2. The SMILES string of the molecule is CN(C)S(=O)(=O)c1ccc(-c2nnc(NC(=O)c3ccc(F)cc3F)o2)cc1. The molecule has 0 aliphatic heterocycles. The number of rotatable bonds is 5. The van der Waals surface area contributed by atoms with Gasteiger partial charge in [0, 0.05) is 25.7 Å². The molecule has 146 valence electrons. The van der Waals surface area contributed by atoms with Crippen molar-refractivity contribution in [2.45, 2.75) is 4.90 Å². The summed E-state index contributed by atoms with van der Waals surface area (Å²) in [6.45, 7) is 0. The molecule has 28 heavy (non-hydrogen) atoms. The number of carbonyl (C=O) groups is 1. The fourth-order valence-electron chi connectivity index (χ4n) is 2.21. The van der Waals surface area contributed by atoms with Crippen LogP contribution in [-0.2, 0) is 10.0 Å². The molecule has 0 bridgehead atoms. The summed E-state index contributed by atoms with van der Waals surface area (Å²) in [6.07, 6.45) is 0. The number of nitrogens with zero attached hydrogens (tertiary/aromatic N) is 3. The van der Waals surface area contributed by atoms with E-state index in [2.05, 4.69) is 15.5 Å². The average Bonchev–Trinajstić information content (AvgIpc) is 3.10. The number of hydrogen-bond acceptors (Lipinski definition) is 6. The predicted molar refractivity (Wildman–Crippen MR) is 94.9 cm³/mol. The third kappa shape index (κ3) is 3.89. The third-order valence-corrected chi connectivity index (χ3v) is 5.53. The Hall–Kier alpha value is -3.18. The zero-order chi connectivity index (χ0) is 20.5. The molecule has 8 nitrogen and oxygen atoms in total. The fourth-order valence-corrected chi connectivity index (χ4v) is 3.11. The van der Waals surface area contributed by atoms with Crippen LogP contribution < -0.4 is 5.32 Å². The number of aromatic nitrogens is 2. The molecule has 1 aromatic heterocycles. The molecule has 0 saturated carbocycles. The Labute approximate surface area is 158 Å². The Morgan fingerprint density at radius 3 is 2.36 bits per heavy atom. The highest BCUT2D eigenvalue weighted by Crippen LogP contribution is 2.23. The van der Waals surface area contributed by atoms with Gasteiger partial charge >= 0.3 is 6.01 Å². The molecule has 1 heterocycles. The molecule has 0 saturated heterocycles. The van der Waals surface area contributed by atoms with E-state index in [1.807, 2.05) is 0 Å². The second kappa shape index (κ2) is 7.44. The van der Waals surface area contributed by atoms with Crippen LogP contribution >= 0.6 is 0 Å². The van der Waals surface area contributed by atoms with Gasteiger partial charge in [0.25, 0.3) is 5.91 Å². The maximum Gasteiger partial charge on any atom is 0.322 e. The van der Waals surface area contributed by atoms with E-state index in [0.29, 0.717) is 11.6 Å². The number of sulfonamides is 1. The van der Waals surface area contributed by atoms with Crippen molar-refractivity contribution in [3.63, 3.8) is 0 Å². The molecular formula is C17H14F2N4O4S. The minimum atomic E-state index is -3.58. The highest BCUT2D eigenvalue weighted by molar-refractivity contribution is 7.89. The number of carbonyl (C=O) groups excluding carboxylic acids is 1. The van der Waals surface area contributed by atoms with Gasteiger partial charge < -0.3 is 4.42 Å². The molecule has 3 aromatic rings. The van der Waals surface area contributed by atoms with E-state index in [9.17, 15) is 22.0 Å². The van der Waals surface area contributed by atoms with Crippen molar-refractivity contribution in [3.8, 4) is 11.5 Å². The Morgan fingerprint density at radius 1 is 1.07 bits per heavy atom. The van der Waals surface area contributed by atoms with Gasteiger partial charge in [-0.05, 0) is 36.4 Å². The van der Waals surface area contributed by atoms with Crippen molar-refractivity contribution in [1.82, 2.24) is 14.5 Å². The first kappa shape index (κ1) is 19.6. The maximum atomic E-state index is 13.6. The molecule has 0 spiro atoms. The topological polar surface area (TPSA) is 105 Å². The molecule has 1 amide bonds. The second-order valence-electron chi connectivity index (χ2n) is 5.80. The molecule has 1 N–H and O–H groups in total. The van der Waals surface area contributed by atoms with Gasteiger partial charge in [-0.15, -0.1) is 5.10 Å². The average molecular weight is 408 g/mol. The minimum absolute atomic E-state index is 0.0173. The Balaban J connectivity index is 1.78.